The maximum absolute atomic E-state index is 11.8. The molecule has 4 heteroatoms. The first-order valence-electron chi connectivity index (χ1n) is 5.97. The first kappa shape index (κ1) is 11.9. The van der Waals surface area contributed by atoms with Crippen molar-refractivity contribution < 1.29 is 9.90 Å². The summed E-state index contributed by atoms with van der Waals surface area (Å²) < 4.78 is 0. The van der Waals surface area contributed by atoms with Crippen molar-refractivity contribution in [2.24, 2.45) is 5.92 Å². The van der Waals surface area contributed by atoms with Crippen LogP contribution >= 0.6 is 0 Å². The highest BCUT2D eigenvalue weighted by Gasteiger charge is 2.23. The number of aliphatic hydroxyl groups excluding tert-OH is 1. The molecule has 0 radical (unpaired) electrons. The van der Waals surface area contributed by atoms with Crippen LogP contribution in [0.15, 0.2) is 24.3 Å². The van der Waals surface area contributed by atoms with Crippen LogP contribution in [0.1, 0.15) is 29.6 Å². The minimum atomic E-state index is -0.190. The fraction of sp³-hybridized carbons (Fsp3) is 0.462. The zero-order valence-electron chi connectivity index (χ0n) is 9.73. The minimum absolute atomic E-state index is 0.0984. The average Bonchev–Trinajstić information content (AvgIpc) is 2.72. The van der Waals surface area contributed by atoms with Gasteiger partial charge in [-0.3, -0.25) is 4.79 Å². The number of rotatable bonds is 3. The summed E-state index contributed by atoms with van der Waals surface area (Å²) in [5.41, 5.74) is 6.80. The Morgan fingerprint density at radius 1 is 1.47 bits per heavy atom. The van der Waals surface area contributed by atoms with Gasteiger partial charge in [0.25, 0.3) is 5.91 Å². The van der Waals surface area contributed by atoms with Gasteiger partial charge in [0.05, 0.1) is 6.10 Å². The molecule has 0 spiro atoms. The van der Waals surface area contributed by atoms with Crippen LogP contribution in [0.4, 0.5) is 5.69 Å². The Bertz CT molecular complexity index is 406. The van der Waals surface area contributed by atoms with Crippen LogP contribution in [0.5, 0.6) is 0 Å². The van der Waals surface area contributed by atoms with Crippen molar-refractivity contribution in [2.45, 2.75) is 25.4 Å². The first-order valence-corrected chi connectivity index (χ1v) is 5.97. The number of nitrogens with one attached hydrogen (secondary N) is 1. The highest BCUT2D eigenvalue weighted by Crippen LogP contribution is 2.24. The molecule has 0 aliphatic heterocycles. The SMILES string of the molecule is Nc1cccc(C(=O)NCC2CCC(O)C2)c1. The summed E-state index contributed by atoms with van der Waals surface area (Å²) in [5.74, 6) is 0.300. The third-order valence-electron chi connectivity index (χ3n) is 3.21. The summed E-state index contributed by atoms with van der Waals surface area (Å²) in [5, 5.41) is 12.3. The van der Waals surface area contributed by atoms with Crippen LogP contribution in [-0.2, 0) is 0 Å². The maximum Gasteiger partial charge on any atom is 0.251 e. The Morgan fingerprint density at radius 2 is 2.29 bits per heavy atom. The second-order valence-corrected chi connectivity index (χ2v) is 4.67. The molecule has 4 N–H and O–H groups in total. The minimum Gasteiger partial charge on any atom is -0.399 e. The summed E-state index contributed by atoms with van der Waals surface area (Å²) in [7, 11) is 0. The molecular weight excluding hydrogens is 216 g/mol. The number of nitrogens with two attached hydrogens (primary N) is 1. The molecule has 1 aliphatic carbocycles. The van der Waals surface area contributed by atoms with Crippen LogP contribution < -0.4 is 11.1 Å². The van der Waals surface area contributed by atoms with Crippen LogP contribution in [-0.4, -0.2) is 23.7 Å². The van der Waals surface area contributed by atoms with Gasteiger partial charge in [-0.15, -0.1) is 0 Å². The molecule has 0 bridgehead atoms. The molecule has 17 heavy (non-hydrogen) atoms. The van der Waals surface area contributed by atoms with E-state index in [1.54, 1.807) is 24.3 Å². The molecule has 1 aromatic rings. The van der Waals surface area contributed by atoms with Gasteiger partial charge in [0.2, 0.25) is 0 Å². The number of nitrogen functional groups attached to an aromatic ring is 1. The number of carbonyl (C=O) groups excluding carboxylic acids is 1. The summed E-state index contributed by atoms with van der Waals surface area (Å²) in [4.78, 5) is 11.8. The lowest BCUT2D eigenvalue weighted by atomic mass is 10.1. The van der Waals surface area contributed by atoms with E-state index in [1.807, 2.05) is 0 Å². The molecule has 0 aromatic heterocycles. The number of aliphatic hydroxyl groups is 1. The second kappa shape index (κ2) is 5.19. The molecule has 1 fully saturated rings. The Morgan fingerprint density at radius 3 is 2.94 bits per heavy atom. The lowest BCUT2D eigenvalue weighted by Gasteiger charge is -2.11. The lowest BCUT2D eigenvalue weighted by molar-refractivity contribution is 0.0945. The van der Waals surface area contributed by atoms with E-state index in [-0.39, 0.29) is 12.0 Å². The van der Waals surface area contributed by atoms with E-state index >= 15 is 0 Å². The normalized spacial score (nSPS) is 23.6. The van der Waals surface area contributed by atoms with Gasteiger partial charge in [-0.2, -0.15) is 0 Å². The van der Waals surface area contributed by atoms with Crippen LogP contribution in [0.3, 0.4) is 0 Å². The van der Waals surface area contributed by atoms with Crippen molar-refractivity contribution in [2.75, 3.05) is 12.3 Å². The Hall–Kier alpha value is -1.55. The summed E-state index contributed by atoms with van der Waals surface area (Å²) in [6, 6.07) is 6.93. The zero-order valence-corrected chi connectivity index (χ0v) is 9.73. The van der Waals surface area contributed by atoms with Crippen molar-refractivity contribution in [1.29, 1.82) is 0 Å². The monoisotopic (exact) mass is 234 g/mol. The topological polar surface area (TPSA) is 75.4 Å². The standard InChI is InChI=1S/C13H18N2O2/c14-11-3-1-2-10(7-11)13(17)15-8-9-4-5-12(16)6-9/h1-3,7,9,12,16H,4-6,8,14H2,(H,15,17). The molecule has 0 saturated heterocycles. The largest absolute Gasteiger partial charge is 0.399 e. The fourth-order valence-electron chi connectivity index (χ4n) is 2.25. The van der Waals surface area contributed by atoms with Gasteiger partial charge in [0.15, 0.2) is 0 Å². The van der Waals surface area contributed by atoms with Gasteiger partial charge in [-0.1, -0.05) is 6.07 Å². The first-order chi connectivity index (χ1) is 8.15. The summed E-state index contributed by atoms with van der Waals surface area (Å²) in [6.07, 6.45) is 2.43. The fourth-order valence-corrected chi connectivity index (χ4v) is 2.25. The highest BCUT2D eigenvalue weighted by atomic mass is 16.3. The number of hydrogen-bond donors (Lipinski definition) is 3. The van der Waals surface area contributed by atoms with E-state index in [0.29, 0.717) is 23.7 Å². The van der Waals surface area contributed by atoms with Gasteiger partial charge in [-0.25, -0.2) is 0 Å². The molecule has 2 rings (SSSR count). The third-order valence-corrected chi connectivity index (χ3v) is 3.21. The van der Waals surface area contributed by atoms with E-state index in [0.717, 1.165) is 19.3 Å². The number of amides is 1. The zero-order chi connectivity index (χ0) is 12.3. The van der Waals surface area contributed by atoms with E-state index in [9.17, 15) is 9.90 Å². The predicted molar refractivity (Wildman–Crippen MR) is 66.5 cm³/mol. The second-order valence-electron chi connectivity index (χ2n) is 4.67. The van der Waals surface area contributed by atoms with E-state index in [1.165, 1.54) is 0 Å². The molecule has 0 heterocycles. The maximum atomic E-state index is 11.8. The van der Waals surface area contributed by atoms with E-state index in [2.05, 4.69) is 5.32 Å². The number of benzene rings is 1. The summed E-state index contributed by atoms with van der Waals surface area (Å²) in [6.45, 7) is 0.630. The van der Waals surface area contributed by atoms with Gasteiger partial charge in [0.1, 0.15) is 0 Å². The van der Waals surface area contributed by atoms with Gasteiger partial charge in [0, 0.05) is 17.8 Å². The molecule has 4 nitrogen and oxygen atoms in total. The van der Waals surface area contributed by atoms with Crippen molar-refractivity contribution in [3.05, 3.63) is 29.8 Å². The van der Waals surface area contributed by atoms with Crippen molar-refractivity contribution >= 4 is 11.6 Å². The van der Waals surface area contributed by atoms with E-state index in [4.69, 9.17) is 5.73 Å². The molecule has 1 amide bonds. The van der Waals surface area contributed by atoms with Crippen molar-refractivity contribution in [3.8, 4) is 0 Å². The predicted octanol–water partition coefficient (Wildman–Crippen LogP) is 1.16. The third kappa shape index (κ3) is 3.20. The molecule has 1 aliphatic rings. The van der Waals surface area contributed by atoms with Gasteiger partial charge >= 0.3 is 0 Å². The van der Waals surface area contributed by atoms with Crippen molar-refractivity contribution in [3.63, 3.8) is 0 Å². The Labute approximate surface area is 101 Å². The Balaban J connectivity index is 1.85. The lowest BCUT2D eigenvalue weighted by Crippen LogP contribution is -2.28. The van der Waals surface area contributed by atoms with E-state index < -0.39 is 0 Å². The molecule has 2 atom stereocenters. The highest BCUT2D eigenvalue weighted by molar-refractivity contribution is 5.94. The number of hydrogen-bond acceptors (Lipinski definition) is 3. The average molecular weight is 234 g/mol. The molecular formula is C13H18N2O2. The molecule has 1 saturated carbocycles. The quantitative estimate of drug-likeness (QED) is 0.687. The molecule has 92 valence electrons. The molecule has 2 unspecified atom stereocenters. The smallest absolute Gasteiger partial charge is 0.251 e. The Kier molecular flexibility index (Phi) is 3.64. The van der Waals surface area contributed by atoms with Crippen LogP contribution in [0.2, 0.25) is 0 Å². The van der Waals surface area contributed by atoms with Crippen LogP contribution in [0.25, 0.3) is 0 Å². The van der Waals surface area contributed by atoms with Gasteiger partial charge < -0.3 is 16.2 Å². The molecule has 1 aromatic carbocycles. The number of anilines is 1. The summed E-state index contributed by atoms with van der Waals surface area (Å²) >= 11 is 0. The van der Waals surface area contributed by atoms with Crippen molar-refractivity contribution in [1.82, 2.24) is 5.32 Å². The van der Waals surface area contributed by atoms with Gasteiger partial charge in [-0.05, 0) is 43.4 Å². The number of carbonyl (C=O) groups is 1. The van der Waals surface area contributed by atoms with Crippen LogP contribution in [0, 0.1) is 5.92 Å².